The van der Waals surface area contributed by atoms with Crippen LogP contribution in [0.25, 0.3) is 10.6 Å². The van der Waals surface area contributed by atoms with E-state index in [1.54, 1.807) is 5.38 Å². The van der Waals surface area contributed by atoms with Gasteiger partial charge in [-0.05, 0) is 37.3 Å². The highest BCUT2D eigenvalue weighted by atomic mass is 79.9. The van der Waals surface area contributed by atoms with Gasteiger partial charge < -0.3 is 5.32 Å². The van der Waals surface area contributed by atoms with Crippen LogP contribution < -0.4 is 5.32 Å². The molecule has 0 bridgehead atoms. The zero-order valence-electron chi connectivity index (χ0n) is 15.1. The van der Waals surface area contributed by atoms with Crippen LogP contribution in [0.3, 0.4) is 0 Å². The van der Waals surface area contributed by atoms with Crippen molar-refractivity contribution in [1.82, 2.24) is 15.2 Å². The summed E-state index contributed by atoms with van der Waals surface area (Å²) in [5, 5.41) is 4.98. The van der Waals surface area contributed by atoms with Gasteiger partial charge in [0.25, 0.3) is 5.91 Å². The van der Waals surface area contributed by atoms with Crippen LogP contribution in [-0.2, 0) is 16.9 Å². The molecule has 5 nitrogen and oxygen atoms in total. The number of nitrogens with zero attached hydrogens (tertiary/aromatic N) is 2. The van der Waals surface area contributed by atoms with Crippen LogP contribution in [0.1, 0.15) is 18.2 Å². The van der Waals surface area contributed by atoms with Gasteiger partial charge in [0.2, 0.25) is 0 Å². The lowest BCUT2D eigenvalue weighted by Crippen LogP contribution is -2.41. The number of aromatic nitrogens is 1. The molecule has 0 radical (unpaired) electrons. The van der Waals surface area contributed by atoms with Crippen molar-refractivity contribution in [2.45, 2.75) is 19.0 Å². The van der Waals surface area contributed by atoms with Crippen molar-refractivity contribution in [2.75, 3.05) is 0 Å². The molecule has 0 spiro atoms. The third-order valence-electron chi connectivity index (χ3n) is 4.69. The molecule has 1 fully saturated rings. The Bertz CT molecular complexity index is 1140. The van der Waals surface area contributed by atoms with Crippen LogP contribution in [0.15, 0.2) is 52.3 Å². The first-order valence-corrected chi connectivity index (χ1v) is 10.2. The fourth-order valence-electron chi connectivity index (χ4n) is 3.20. The van der Waals surface area contributed by atoms with Gasteiger partial charge in [-0.15, -0.1) is 11.3 Å². The van der Waals surface area contributed by atoms with E-state index in [9.17, 15) is 18.4 Å². The van der Waals surface area contributed by atoms with E-state index in [0.717, 1.165) is 38.1 Å². The van der Waals surface area contributed by atoms with E-state index in [4.69, 9.17) is 0 Å². The number of amides is 3. The van der Waals surface area contributed by atoms with Gasteiger partial charge in [-0.1, -0.05) is 28.1 Å². The number of carbonyl (C=O) groups excluding carboxylic acids is 2. The van der Waals surface area contributed by atoms with E-state index in [0.29, 0.717) is 5.69 Å². The number of nitrogens with one attached hydrogen (secondary N) is 1. The summed E-state index contributed by atoms with van der Waals surface area (Å²) in [4.78, 5) is 30.9. The summed E-state index contributed by atoms with van der Waals surface area (Å²) in [7, 11) is 0. The number of thiazole rings is 1. The summed E-state index contributed by atoms with van der Waals surface area (Å²) in [5.74, 6) is -2.12. The molecule has 2 aromatic carbocycles. The van der Waals surface area contributed by atoms with Crippen LogP contribution in [0, 0.1) is 11.6 Å². The molecule has 0 saturated carbocycles. The normalized spacial score (nSPS) is 19.0. The number of hydrogen-bond acceptors (Lipinski definition) is 4. The number of rotatable bonds is 4. The summed E-state index contributed by atoms with van der Waals surface area (Å²) in [6.07, 6.45) is 0. The second-order valence-electron chi connectivity index (χ2n) is 6.72. The molecule has 9 heteroatoms. The first-order chi connectivity index (χ1) is 13.8. The Labute approximate surface area is 177 Å². The van der Waals surface area contributed by atoms with Gasteiger partial charge in [0, 0.05) is 21.0 Å². The maximum Gasteiger partial charge on any atom is 0.325 e. The molecule has 1 N–H and O–H groups in total. The van der Waals surface area contributed by atoms with Crippen LogP contribution in [0.2, 0.25) is 0 Å². The van der Waals surface area contributed by atoms with Gasteiger partial charge in [-0.25, -0.2) is 18.6 Å². The van der Waals surface area contributed by atoms with Crippen LogP contribution in [0.4, 0.5) is 13.6 Å². The minimum Gasteiger partial charge on any atom is -0.319 e. The van der Waals surface area contributed by atoms with Crippen molar-refractivity contribution in [1.29, 1.82) is 0 Å². The molecule has 29 heavy (non-hydrogen) atoms. The second kappa shape index (κ2) is 7.31. The van der Waals surface area contributed by atoms with Gasteiger partial charge in [-0.2, -0.15) is 0 Å². The average molecular weight is 478 g/mol. The molecule has 3 aromatic rings. The molecule has 3 amide bonds. The molecular formula is C20H14BrF2N3O2S. The SMILES string of the molecule is CC1(c2cc(F)ccc2F)NC(=O)N(Cc2csc(-c3cccc(Br)c3)n2)C1=O. The number of halogens is 3. The van der Waals surface area contributed by atoms with Crippen LogP contribution >= 0.6 is 27.3 Å². The number of benzene rings is 2. The Morgan fingerprint density at radius 3 is 2.76 bits per heavy atom. The summed E-state index contributed by atoms with van der Waals surface area (Å²) in [5.41, 5.74) is -0.477. The first kappa shape index (κ1) is 19.7. The van der Waals surface area contributed by atoms with Crippen molar-refractivity contribution < 1.29 is 18.4 Å². The van der Waals surface area contributed by atoms with E-state index in [2.05, 4.69) is 26.2 Å². The standard InChI is InChI=1S/C20H14BrF2N3O2S/c1-20(15-8-13(22)5-6-16(15)23)18(27)26(19(28)25-20)9-14-10-29-17(24-14)11-3-2-4-12(21)7-11/h2-8,10H,9H2,1H3,(H,25,28). The molecule has 0 aliphatic carbocycles. The minimum absolute atomic E-state index is 0.0678. The van der Waals surface area contributed by atoms with Gasteiger partial charge in [0.15, 0.2) is 0 Å². The lowest BCUT2D eigenvalue weighted by atomic mass is 9.91. The molecule has 1 aliphatic rings. The predicted molar refractivity (Wildman–Crippen MR) is 108 cm³/mol. The zero-order chi connectivity index (χ0) is 20.8. The summed E-state index contributed by atoms with van der Waals surface area (Å²) in [6.45, 7) is 1.29. The molecular weight excluding hydrogens is 464 g/mol. The Hall–Kier alpha value is -2.65. The van der Waals surface area contributed by atoms with E-state index in [1.807, 2.05) is 24.3 Å². The quantitative estimate of drug-likeness (QED) is 0.548. The number of carbonyl (C=O) groups is 2. The van der Waals surface area contributed by atoms with Crippen molar-refractivity contribution in [3.8, 4) is 10.6 Å². The highest BCUT2D eigenvalue weighted by Crippen LogP contribution is 2.33. The molecule has 2 heterocycles. The zero-order valence-corrected chi connectivity index (χ0v) is 17.5. The maximum absolute atomic E-state index is 14.2. The largest absolute Gasteiger partial charge is 0.325 e. The molecule has 1 saturated heterocycles. The monoisotopic (exact) mass is 477 g/mol. The Balaban J connectivity index is 1.60. The van der Waals surface area contributed by atoms with Gasteiger partial charge in [-0.3, -0.25) is 9.69 Å². The Morgan fingerprint density at radius 2 is 2.00 bits per heavy atom. The Morgan fingerprint density at radius 1 is 1.21 bits per heavy atom. The summed E-state index contributed by atoms with van der Waals surface area (Å²) >= 11 is 4.80. The number of imide groups is 1. The fraction of sp³-hybridized carbons (Fsp3) is 0.150. The summed E-state index contributed by atoms with van der Waals surface area (Å²) in [6, 6.07) is 9.74. The van der Waals surface area contributed by atoms with Gasteiger partial charge >= 0.3 is 6.03 Å². The number of urea groups is 1. The highest BCUT2D eigenvalue weighted by Gasteiger charge is 2.50. The Kier molecular flexibility index (Phi) is 4.95. The topological polar surface area (TPSA) is 62.3 Å². The van der Waals surface area contributed by atoms with E-state index < -0.39 is 29.1 Å². The molecule has 4 rings (SSSR count). The third kappa shape index (κ3) is 3.56. The van der Waals surface area contributed by atoms with Crippen LogP contribution in [0.5, 0.6) is 0 Å². The molecule has 148 valence electrons. The molecule has 1 unspecified atom stereocenters. The first-order valence-electron chi connectivity index (χ1n) is 8.58. The average Bonchev–Trinajstić information content (AvgIpc) is 3.23. The number of hydrogen-bond donors (Lipinski definition) is 1. The maximum atomic E-state index is 14.2. The molecule has 1 aromatic heterocycles. The van der Waals surface area contributed by atoms with Crippen molar-refractivity contribution in [2.24, 2.45) is 0 Å². The van der Waals surface area contributed by atoms with E-state index >= 15 is 0 Å². The van der Waals surface area contributed by atoms with E-state index in [1.165, 1.54) is 18.3 Å². The lowest BCUT2D eigenvalue weighted by molar-refractivity contribution is -0.131. The highest BCUT2D eigenvalue weighted by molar-refractivity contribution is 9.10. The minimum atomic E-state index is -1.69. The van der Waals surface area contributed by atoms with Crippen molar-refractivity contribution in [3.63, 3.8) is 0 Å². The van der Waals surface area contributed by atoms with E-state index in [-0.39, 0.29) is 12.1 Å². The smallest absolute Gasteiger partial charge is 0.319 e. The molecule has 1 aliphatic heterocycles. The van der Waals surface area contributed by atoms with Crippen molar-refractivity contribution >= 4 is 39.2 Å². The predicted octanol–water partition coefficient (Wildman–Crippen LogP) is 4.82. The third-order valence-corrected chi connectivity index (χ3v) is 6.12. The molecule has 1 atom stereocenters. The lowest BCUT2D eigenvalue weighted by Gasteiger charge is -2.22. The van der Waals surface area contributed by atoms with Crippen molar-refractivity contribution in [3.05, 3.63) is 75.2 Å². The van der Waals surface area contributed by atoms with Gasteiger partial charge in [0.1, 0.15) is 22.2 Å². The van der Waals surface area contributed by atoms with Gasteiger partial charge in [0.05, 0.1) is 12.2 Å². The second-order valence-corrected chi connectivity index (χ2v) is 8.50. The fourth-order valence-corrected chi connectivity index (χ4v) is 4.41. The van der Waals surface area contributed by atoms with Crippen LogP contribution in [-0.4, -0.2) is 21.8 Å². The summed E-state index contributed by atoms with van der Waals surface area (Å²) < 4.78 is 28.8.